The molecule has 0 atom stereocenters. The number of aliphatic hydroxyl groups is 1. The first kappa shape index (κ1) is 4.60. The van der Waals surface area contributed by atoms with Gasteiger partial charge in [0, 0.05) is 0 Å². The molecule has 0 aliphatic carbocycles. The summed E-state index contributed by atoms with van der Waals surface area (Å²) in [7, 11) is 0. The van der Waals surface area contributed by atoms with Crippen molar-refractivity contribution >= 4 is 17.4 Å². The summed E-state index contributed by atoms with van der Waals surface area (Å²) >= 11 is -0.132. The van der Waals surface area contributed by atoms with Crippen LogP contribution in [0.1, 0.15) is 0 Å². The van der Waals surface area contributed by atoms with Crippen molar-refractivity contribution in [2.75, 3.05) is 5.16 Å². The van der Waals surface area contributed by atoms with Gasteiger partial charge in [-0.2, -0.15) is 0 Å². The Morgan fingerprint density at radius 2 is 2.25 bits per heavy atom. The molecule has 0 unspecified atom stereocenters. The summed E-state index contributed by atoms with van der Waals surface area (Å²) in [6.07, 6.45) is 0. The van der Waals surface area contributed by atoms with Gasteiger partial charge in [0.1, 0.15) is 0 Å². The Morgan fingerprint density at radius 3 is 2.25 bits per heavy atom. The standard InChI is InChI=1S/CH3O.CH3.Ga/c1-2;;/h2H,1H2;1H3;. The van der Waals surface area contributed by atoms with Crippen LogP contribution in [-0.4, -0.2) is 27.7 Å². The van der Waals surface area contributed by atoms with Gasteiger partial charge in [0.15, 0.2) is 0 Å². The molecule has 0 aromatic heterocycles. The second-order valence-electron chi connectivity index (χ2n) is 0.591. The number of hydrogen-bond acceptors (Lipinski definition) is 1. The summed E-state index contributed by atoms with van der Waals surface area (Å²) in [5, 5.41) is 8.42. The quantitative estimate of drug-likeness (QED) is 0.465. The number of rotatable bonds is 1. The summed E-state index contributed by atoms with van der Waals surface area (Å²) in [6.45, 7) is 0. The van der Waals surface area contributed by atoms with Crippen molar-refractivity contribution in [1.82, 2.24) is 0 Å². The molecule has 0 spiro atoms. The molecule has 0 heterocycles. The molecule has 23 valence electrons. The summed E-state index contributed by atoms with van der Waals surface area (Å²) < 4.78 is 0. The van der Waals surface area contributed by atoms with Crippen LogP contribution < -0.4 is 0 Å². The molecule has 4 heavy (non-hydrogen) atoms. The van der Waals surface area contributed by atoms with Gasteiger partial charge in [-0.3, -0.25) is 0 Å². The van der Waals surface area contributed by atoms with E-state index in [9.17, 15) is 0 Å². The molecule has 0 aliphatic rings. The Bertz CT molecular complexity index is 8.00. The topological polar surface area (TPSA) is 20.2 Å². The normalized spacial score (nSPS) is 6.50. The number of aliphatic hydroxyl groups excluding tert-OH is 1. The fraction of sp³-hybridized carbons (Fsp3) is 1.00. The SMILES string of the molecule is [CH3][Ga][CH2]O. The fourth-order valence-corrected chi connectivity index (χ4v) is 0. The van der Waals surface area contributed by atoms with Crippen LogP contribution in [0.3, 0.4) is 0 Å². The van der Waals surface area contributed by atoms with Gasteiger partial charge in [-0.15, -0.1) is 0 Å². The van der Waals surface area contributed by atoms with Crippen LogP contribution >= 0.6 is 0 Å². The molecular weight excluding hydrogens is 110 g/mol. The molecular formula is C2H6GaO. The van der Waals surface area contributed by atoms with Gasteiger partial charge in [-0.25, -0.2) is 0 Å². The molecule has 0 amide bonds. The van der Waals surface area contributed by atoms with Crippen molar-refractivity contribution in [1.29, 1.82) is 0 Å². The van der Waals surface area contributed by atoms with E-state index in [-0.39, 0.29) is 17.4 Å². The van der Waals surface area contributed by atoms with Crippen LogP contribution in [0.5, 0.6) is 0 Å². The maximum absolute atomic E-state index is 7.94. The van der Waals surface area contributed by atoms with E-state index in [0.29, 0.717) is 5.16 Å². The number of hydrogen-bond donors (Lipinski definition) is 1. The van der Waals surface area contributed by atoms with E-state index in [4.69, 9.17) is 5.11 Å². The Kier molecular flexibility index (Phi) is 4.13. The van der Waals surface area contributed by atoms with E-state index >= 15 is 0 Å². The minimum atomic E-state index is -0.132. The van der Waals surface area contributed by atoms with E-state index in [1.165, 1.54) is 0 Å². The van der Waals surface area contributed by atoms with Crippen molar-refractivity contribution in [2.24, 2.45) is 0 Å². The predicted molar refractivity (Wildman–Crippen MR) is 18.7 cm³/mol. The molecule has 1 nitrogen and oxygen atoms in total. The van der Waals surface area contributed by atoms with Crippen LogP contribution in [-0.2, 0) is 0 Å². The molecule has 0 fully saturated rings. The fourth-order valence-electron chi connectivity index (χ4n) is 0. The summed E-state index contributed by atoms with van der Waals surface area (Å²) in [6, 6.07) is 0. The second-order valence-corrected chi connectivity index (χ2v) is 3.07. The third-order valence-corrected chi connectivity index (χ3v) is 0.949. The third-order valence-electron chi connectivity index (χ3n) is 0.183. The first-order valence-corrected chi connectivity index (χ1v) is 5.44. The van der Waals surface area contributed by atoms with Crippen molar-refractivity contribution in [2.45, 2.75) is 5.48 Å². The average Bonchev–Trinajstić information content (AvgIpc) is 1.37. The summed E-state index contributed by atoms with van der Waals surface area (Å²) in [5.41, 5.74) is 2.09. The van der Waals surface area contributed by atoms with Crippen LogP contribution in [0.4, 0.5) is 0 Å². The van der Waals surface area contributed by atoms with E-state index in [1.54, 1.807) is 0 Å². The van der Waals surface area contributed by atoms with Crippen LogP contribution in [0.2, 0.25) is 5.48 Å². The van der Waals surface area contributed by atoms with E-state index in [0.717, 1.165) is 0 Å². The minimum absolute atomic E-state index is 0.132. The van der Waals surface area contributed by atoms with E-state index < -0.39 is 0 Å². The summed E-state index contributed by atoms with van der Waals surface area (Å²) in [5.74, 6) is 0. The monoisotopic (exact) mass is 115 g/mol. The Balaban J connectivity index is 1.97. The molecule has 0 saturated carbocycles. The predicted octanol–water partition coefficient (Wildman–Crippen LogP) is -0.312. The first-order valence-electron chi connectivity index (χ1n) is 1.30. The van der Waals surface area contributed by atoms with E-state index in [1.807, 2.05) is 0 Å². The van der Waals surface area contributed by atoms with Gasteiger partial charge >= 0.3 is 33.2 Å². The third kappa shape index (κ3) is 2.60. The van der Waals surface area contributed by atoms with Crippen LogP contribution in [0.25, 0.3) is 0 Å². The Hall–Kier alpha value is 0.596. The summed E-state index contributed by atoms with van der Waals surface area (Å²) in [4.78, 5) is 0. The van der Waals surface area contributed by atoms with Gasteiger partial charge < -0.3 is 0 Å². The molecule has 0 rings (SSSR count). The van der Waals surface area contributed by atoms with Crippen LogP contribution in [0.15, 0.2) is 0 Å². The van der Waals surface area contributed by atoms with Crippen LogP contribution in [0, 0.1) is 0 Å². The molecule has 1 radical (unpaired) electrons. The van der Waals surface area contributed by atoms with E-state index in [2.05, 4.69) is 5.48 Å². The molecule has 0 aromatic carbocycles. The molecule has 0 bridgehead atoms. The van der Waals surface area contributed by atoms with Gasteiger partial charge in [0.2, 0.25) is 0 Å². The second kappa shape index (κ2) is 3.60. The Labute approximate surface area is 33.8 Å². The zero-order chi connectivity index (χ0) is 3.41. The average molecular weight is 116 g/mol. The first-order chi connectivity index (χ1) is 1.91. The molecule has 2 heteroatoms. The van der Waals surface area contributed by atoms with Gasteiger partial charge in [-0.1, -0.05) is 0 Å². The van der Waals surface area contributed by atoms with Crippen molar-refractivity contribution in [3.63, 3.8) is 0 Å². The molecule has 0 saturated heterocycles. The van der Waals surface area contributed by atoms with Gasteiger partial charge in [0.25, 0.3) is 0 Å². The molecule has 1 N–H and O–H groups in total. The van der Waals surface area contributed by atoms with Crippen molar-refractivity contribution < 1.29 is 5.11 Å². The molecule has 0 aromatic rings. The van der Waals surface area contributed by atoms with Crippen molar-refractivity contribution in [3.05, 3.63) is 0 Å². The zero-order valence-corrected chi connectivity index (χ0v) is 5.15. The van der Waals surface area contributed by atoms with Gasteiger partial charge in [-0.05, 0) is 0 Å². The zero-order valence-electron chi connectivity index (χ0n) is 2.73. The van der Waals surface area contributed by atoms with Crippen molar-refractivity contribution in [3.8, 4) is 0 Å². The van der Waals surface area contributed by atoms with Gasteiger partial charge in [0.05, 0.1) is 0 Å². The Morgan fingerprint density at radius 1 is 2.00 bits per heavy atom. The molecule has 0 aliphatic heterocycles. The maximum atomic E-state index is 7.94.